The fourth-order valence-corrected chi connectivity index (χ4v) is 2.36. The van der Waals surface area contributed by atoms with Gasteiger partial charge >= 0.3 is 0 Å². The van der Waals surface area contributed by atoms with E-state index in [0.29, 0.717) is 26.5 Å². The van der Waals surface area contributed by atoms with Crippen LogP contribution in [0.2, 0.25) is 15.1 Å². The maximum Gasteiger partial charge on any atom is 0.265 e. The van der Waals surface area contributed by atoms with Crippen LogP contribution in [0.15, 0.2) is 36.4 Å². The van der Waals surface area contributed by atoms with Crippen LogP contribution < -0.4 is 10.1 Å². The first kappa shape index (κ1) is 16.9. The maximum atomic E-state index is 12.1. The minimum absolute atomic E-state index is 0.300. The van der Waals surface area contributed by atoms with Crippen molar-refractivity contribution in [3.05, 3.63) is 57.0 Å². The molecule has 0 aliphatic rings. The summed E-state index contributed by atoms with van der Waals surface area (Å²) in [5.41, 5.74) is 1.55. The number of hydrogen-bond donors (Lipinski definition) is 1. The molecule has 0 heterocycles. The van der Waals surface area contributed by atoms with Gasteiger partial charge in [0.2, 0.25) is 0 Å². The van der Waals surface area contributed by atoms with E-state index in [0.717, 1.165) is 5.56 Å². The highest BCUT2D eigenvalue weighted by molar-refractivity contribution is 6.35. The molecule has 116 valence electrons. The average Bonchev–Trinajstić information content (AvgIpc) is 2.45. The van der Waals surface area contributed by atoms with E-state index in [2.05, 4.69) is 5.32 Å². The van der Waals surface area contributed by atoms with Gasteiger partial charge in [-0.25, -0.2) is 0 Å². The first-order valence-electron chi connectivity index (χ1n) is 6.55. The van der Waals surface area contributed by atoms with Crippen molar-refractivity contribution in [2.75, 3.05) is 5.32 Å². The van der Waals surface area contributed by atoms with Crippen LogP contribution in [-0.2, 0) is 4.79 Å². The number of rotatable bonds is 4. The van der Waals surface area contributed by atoms with Gasteiger partial charge in [-0.15, -0.1) is 0 Å². The molecule has 0 aliphatic heterocycles. The Balaban J connectivity index is 2.04. The summed E-state index contributed by atoms with van der Waals surface area (Å²) in [4.78, 5) is 12.1. The molecule has 22 heavy (non-hydrogen) atoms. The van der Waals surface area contributed by atoms with E-state index in [1.165, 1.54) is 0 Å². The van der Waals surface area contributed by atoms with Crippen molar-refractivity contribution in [1.29, 1.82) is 0 Å². The molecule has 2 aromatic carbocycles. The van der Waals surface area contributed by atoms with Gasteiger partial charge in [0.1, 0.15) is 5.75 Å². The molecule has 0 bridgehead atoms. The van der Waals surface area contributed by atoms with Crippen LogP contribution in [0.4, 0.5) is 5.69 Å². The predicted molar refractivity (Wildman–Crippen MR) is 91.4 cm³/mol. The van der Waals surface area contributed by atoms with Gasteiger partial charge in [0.05, 0.1) is 5.02 Å². The number of carbonyl (C=O) groups excluding carboxylic acids is 1. The van der Waals surface area contributed by atoms with Crippen molar-refractivity contribution in [2.24, 2.45) is 0 Å². The summed E-state index contributed by atoms with van der Waals surface area (Å²) >= 11 is 17.9. The van der Waals surface area contributed by atoms with E-state index in [-0.39, 0.29) is 5.91 Å². The van der Waals surface area contributed by atoms with Crippen molar-refractivity contribution in [3.63, 3.8) is 0 Å². The molecule has 1 amide bonds. The summed E-state index contributed by atoms with van der Waals surface area (Å²) < 4.78 is 5.55. The number of nitrogens with one attached hydrogen (secondary N) is 1. The molecule has 0 saturated carbocycles. The molecule has 1 atom stereocenters. The smallest absolute Gasteiger partial charge is 0.265 e. The van der Waals surface area contributed by atoms with Crippen LogP contribution >= 0.6 is 34.8 Å². The van der Waals surface area contributed by atoms with Gasteiger partial charge in [-0.1, -0.05) is 40.9 Å². The lowest BCUT2D eigenvalue weighted by molar-refractivity contribution is -0.122. The number of ether oxygens (including phenoxy) is 1. The number of hydrogen-bond acceptors (Lipinski definition) is 2. The molecular weight excluding hydrogens is 345 g/mol. The predicted octanol–water partition coefficient (Wildman–Crippen LogP) is 5.36. The van der Waals surface area contributed by atoms with Crippen molar-refractivity contribution in [3.8, 4) is 5.75 Å². The summed E-state index contributed by atoms with van der Waals surface area (Å²) in [5.74, 6) is 0.0987. The highest BCUT2D eigenvalue weighted by atomic mass is 35.5. The first-order valence-corrected chi connectivity index (χ1v) is 7.69. The van der Waals surface area contributed by atoms with Crippen LogP contribution in [0.25, 0.3) is 0 Å². The third-order valence-electron chi connectivity index (χ3n) is 3.01. The lowest BCUT2D eigenvalue weighted by Gasteiger charge is -2.16. The maximum absolute atomic E-state index is 12.1. The van der Waals surface area contributed by atoms with Crippen molar-refractivity contribution in [1.82, 2.24) is 0 Å². The Morgan fingerprint density at radius 2 is 1.82 bits per heavy atom. The van der Waals surface area contributed by atoms with Crippen LogP contribution in [-0.4, -0.2) is 12.0 Å². The van der Waals surface area contributed by atoms with Gasteiger partial charge in [0.25, 0.3) is 5.91 Å². The number of amides is 1. The third-order valence-corrected chi connectivity index (χ3v) is 3.94. The second-order valence-corrected chi connectivity index (χ2v) is 6.04. The van der Waals surface area contributed by atoms with E-state index < -0.39 is 6.10 Å². The van der Waals surface area contributed by atoms with Gasteiger partial charge in [0, 0.05) is 15.7 Å². The lowest BCUT2D eigenvalue weighted by atomic mass is 10.2. The minimum atomic E-state index is -0.723. The Hall–Kier alpha value is -1.42. The Morgan fingerprint density at radius 1 is 1.09 bits per heavy atom. The van der Waals surface area contributed by atoms with Crippen molar-refractivity contribution in [2.45, 2.75) is 20.0 Å². The topological polar surface area (TPSA) is 38.3 Å². The van der Waals surface area contributed by atoms with Crippen LogP contribution in [0.3, 0.4) is 0 Å². The molecule has 2 aromatic rings. The van der Waals surface area contributed by atoms with E-state index in [4.69, 9.17) is 39.5 Å². The van der Waals surface area contributed by atoms with E-state index in [1.54, 1.807) is 37.3 Å². The summed E-state index contributed by atoms with van der Waals surface area (Å²) in [5, 5.41) is 4.19. The Bertz CT molecular complexity index is 704. The van der Waals surface area contributed by atoms with E-state index in [1.807, 2.05) is 13.0 Å². The molecule has 1 unspecified atom stereocenters. The summed E-state index contributed by atoms with van der Waals surface area (Å²) in [7, 11) is 0. The number of carbonyl (C=O) groups is 1. The SMILES string of the molecule is Cc1ccc(NC(=O)C(C)Oc2ccc(Cl)cc2Cl)cc1Cl. The number of aryl methyl sites for hydroxylation is 1. The second-order valence-electron chi connectivity index (χ2n) is 4.79. The number of halogens is 3. The number of anilines is 1. The second kappa shape index (κ2) is 7.23. The Kier molecular flexibility index (Phi) is 5.57. The molecule has 6 heteroatoms. The summed E-state index contributed by atoms with van der Waals surface area (Å²) in [6, 6.07) is 10.1. The Morgan fingerprint density at radius 3 is 2.45 bits per heavy atom. The first-order chi connectivity index (χ1) is 10.4. The monoisotopic (exact) mass is 357 g/mol. The quantitative estimate of drug-likeness (QED) is 0.799. The largest absolute Gasteiger partial charge is 0.479 e. The fraction of sp³-hybridized carbons (Fsp3) is 0.188. The zero-order valence-corrected chi connectivity index (χ0v) is 14.3. The van der Waals surface area contributed by atoms with Crippen molar-refractivity contribution >= 4 is 46.4 Å². The Labute approximate surface area is 144 Å². The third kappa shape index (κ3) is 4.29. The molecule has 0 radical (unpaired) electrons. The van der Waals surface area contributed by atoms with E-state index >= 15 is 0 Å². The average molecular weight is 359 g/mol. The summed E-state index contributed by atoms with van der Waals surface area (Å²) in [6.45, 7) is 3.53. The standard InChI is InChI=1S/C16H14Cl3NO2/c1-9-3-5-12(8-13(9)18)20-16(21)10(2)22-15-6-4-11(17)7-14(15)19/h3-8,10H,1-2H3,(H,20,21). The molecule has 1 N–H and O–H groups in total. The van der Waals surface area contributed by atoms with Crippen LogP contribution in [0, 0.1) is 6.92 Å². The lowest BCUT2D eigenvalue weighted by Crippen LogP contribution is -2.30. The van der Waals surface area contributed by atoms with Gasteiger partial charge in [0.15, 0.2) is 6.10 Å². The van der Waals surface area contributed by atoms with Gasteiger partial charge in [-0.3, -0.25) is 4.79 Å². The van der Waals surface area contributed by atoms with Crippen molar-refractivity contribution < 1.29 is 9.53 Å². The van der Waals surface area contributed by atoms with Gasteiger partial charge < -0.3 is 10.1 Å². The fourth-order valence-electron chi connectivity index (χ4n) is 1.73. The summed E-state index contributed by atoms with van der Waals surface area (Å²) in [6.07, 6.45) is -0.723. The molecule has 0 aliphatic carbocycles. The number of benzene rings is 2. The molecule has 0 saturated heterocycles. The molecule has 0 fully saturated rings. The molecular formula is C16H14Cl3NO2. The van der Waals surface area contributed by atoms with Gasteiger partial charge in [-0.2, -0.15) is 0 Å². The normalized spacial score (nSPS) is 11.9. The molecule has 2 rings (SSSR count). The van der Waals surface area contributed by atoms with Crippen LogP contribution in [0.1, 0.15) is 12.5 Å². The van der Waals surface area contributed by atoms with Crippen LogP contribution in [0.5, 0.6) is 5.75 Å². The highest BCUT2D eigenvalue weighted by Gasteiger charge is 2.16. The molecule has 0 aromatic heterocycles. The highest BCUT2D eigenvalue weighted by Crippen LogP contribution is 2.28. The zero-order chi connectivity index (χ0) is 16.3. The van der Waals surface area contributed by atoms with E-state index in [9.17, 15) is 4.79 Å². The van der Waals surface area contributed by atoms with Gasteiger partial charge in [-0.05, 0) is 49.7 Å². The molecule has 0 spiro atoms. The zero-order valence-electron chi connectivity index (χ0n) is 12.0. The molecule has 3 nitrogen and oxygen atoms in total. The minimum Gasteiger partial charge on any atom is -0.479 e.